The first kappa shape index (κ1) is 14.2. The number of amides is 1. The zero-order valence-corrected chi connectivity index (χ0v) is 12.3. The number of rotatable bonds is 5. The number of benzene rings is 1. The Kier molecular flexibility index (Phi) is 5.69. The molecule has 0 radical (unpaired) electrons. The van der Waals surface area contributed by atoms with E-state index in [2.05, 4.69) is 28.2 Å². The molecule has 0 bridgehead atoms. The molecule has 2 unspecified atom stereocenters. The lowest BCUT2D eigenvalue weighted by atomic mass is 10.1. The molecule has 17 heavy (non-hydrogen) atoms. The van der Waals surface area contributed by atoms with Crippen molar-refractivity contribution in [2.45, 2.75) is 44.5 Å². The summed E-state index contributed by atoms with van der Waals surface area (Å²) in [7, 11) is 0. The molecule has 3 heteroatoms. The largest absolute Gasteiger partial charge is 0.353 e. The van der Waals surface area contributed by atoms with E-state index in [1.807, 2.05) is 38.1 Å². The van der Waals surface area contributed by atoms with Crippen LogP contribution in [0.5, 0.6) is 0 Å². The number of halogens is 1. The highest BCUT2D eigenvalue weighted by molar-refractivity contribution is 9.09. The molecule has 0 aliphatic carbocycles. The summed E-state index contributed by atoms with van der Waals surface area (Å²) in [6, 6.07) is 8.29. The minimum Gasteiger partial charge on any atom is -0.353 e. The fourth-order valence-corrected chi connectivity index (χ4v) is 2.32. The normalized spacial score (nSPS) is 14.1. The van der Waals surface area contributed by atoms with E-state index in [1.54, 1.807) is 0 Å². The van der Waals surface area contributed by atoms with Crippen LogP contribution < -0.4 is 5.32 Å². The standard InChI is InChI=1S/C14H20BrNO/c1-10-4-6-13(7-5-10)9-14(17)16-12(3)8-11(2)15/h4-7,11-12H,8-9H2,1-3H3,(H,16,17). The summed E-state index contributed by atoms with van der Waals surface area (Å²) in [5.74, 6) is 0.0921. The quantitative estimate of drug-likeness (QED) is 0.831. The highest BCUT2D eigenvalue weighted by Crippen LogP contribution is 2.07. The number of carbonyl (C=O) groups is 1. The minimum atomic E-state index is 0.0921. The summed E-state index contributed by atoms with van der Waals surface area (Å²) in [5, 5.41) is 3.01. The molecule has 0 spiro atoms. The summed E-state index contributed by atoms with van der Waals surface area (Å²) in [5.41, 5.74) is 2.28. The van der Waals surface area contributed by atoms with Gasteiger partial charge in [0.1, 0.15) is 0 Å². The van der Waals surface area contributed by atoms with E-state index in [4.69, 9.17) is 0 Å². The first-order valence-electron chi connectivity index (χ1n) is 5.96. The predicted octanol–water partition coefficient (Wildman–Crippen LogP) is 3.22. The van der Waals surface area contributed by atoms with E-state index in [0.29, 0.717) is 11.2 Å². The van der Waals surface area contributed by atoms with Crippen LogP contribution in [-0.4, -0.2) is 16.8 Å². The Morgan fingerprint density at radius 2 is 1.88 bits per heavy atom. The summed E-state index contributed by atoms with van der Waals surface area (Å²) in [6.07, 6.45) is 1.40. The summed E-state index contributed by atoms with van der Waals surface area (Å²) in [4.78, 5) is 12.2. The van der Waals surface area contributed by atoms with Gasteiger partial charge in [-0.1, -0.05) is 52.7 Å². The monoisotopic (exact) mass is 297 g/mol. The zero-order chi connectivity index (χ0) is 12.8. The Balaban J connectivity index is 2.41. The van der Waals surface area contributed by atoms with E-state index in [0.717, 1.165) is 12.0 Å². The van der Waals surface area contributed by atoms with Crippen molar-refractivity contribution in [3.8, 4) is 0 Å². The van der Waals surface area contributed by atoms with Gasteiger partial charge in [0.25, 0.3) is 0 Å². The van der Waals surface area contributed by atoms with Crippen molar-refractivity contribution in [3.63, 3.8) is 0 Å². The number of hydrogen-bond acceptors (Lipinski definition) is 1. The molecular formula is C14H20BrNO. The number of aryl methyl sites for hydroxylation is 1. The van der Waals surface area contributed by atoms with Crippen molar-refractivity contribution in [1.29, 1.82) is 0 Å². The van der Waals surface area contributed by atoms with Gasteiger partial charge in [-0.25, -0.2) is 0 Å². The maximum Gasteiger partial charge on any atom is 0.224 e. The lowest BCUT2D eigenvalue weighted by Gasteiger charge is -2.15. The molecule has 0 aliphatic heterocycles. The van der Waals surface area contributed by atoms with Gasteiger partial charge in [-0.05, 0) is 25.8 Å². The molecule has 1 aromatic rings. The summed E-state index contributed by atoms with van der Waals surface area (Å²) in [6.45, 7) is 6.16. The van der Waals surface area contributed by atoms with E-state index in [-0.39, 0.29) is 11.9 Å². The molecular weight excluding hydrogens is 278 g/mol. The minimum absolute atomic E-state index is 0.0921. The van der Waals surface area contributed by atoms with Gasteiger partial charge in [0, 0.05) is 10.9 Å². The SMILES string of the molecule is Cc1ccc(CC(=O)NC(C)CC(C)Br)cc1. The van der Waals surface area contributed by atoms with Crippen LogP contribution in [0.25, 0.3) is 0 Å². The van der Waals surface area contributed by atoms with Gasteiger partial charge in [-0.2, -0.15) is 0 Å². The number of nitrogens with one attached hydrogen (secondary N) is 1. The molecule has 0 aromatic heterocycles. The Morgan fingerprint density at radius 1 is 1.29 bits per heavy atom. The molecule has 0 heterocycles. The summed E-state index contributed by atoms with van der Waals surface area (Å²) < 4.78 is 0. The topological polar surface area (TPSA) is 29.1 Å². The van der Waals surface area contributed by atoms with Crippen molar-refractivity contribution in [3.05, 3.63) is 35.4 Å². The van der Waals surface area contributed by atoms with Gasteiger partial charge in [-0.15, -0.1) is 0 Å². The van der Waals surface area contributed by atoms with Gasteiger partial charge in [0.15, 0.2) is 0 Å². The van der Waals surface area contributed by atoms with Crippen LogP contribution in [0.2, 0.25) is 0 Å². The third kappa shape index (κ3) is 5.87. The van der Waals surface area contributed by atoms with Crippen molar-refractivity contribution >= 4 is 21.8 Å². The molecule has 1 N–H and O–H groups in total. The molecule has 0 aliphatic rings. The Morgan fingerprint density at radius 3 is 2.41 bits per heavy atom. The van der Waals surface area contributed by atoms with Crippen LogP contribution in [0.15, 0.2) is 24.3 Å². The van der Waals surface area contributed by atoms with Gasteiger partial charge < -0.3 is 5.32 Å². The highest BCUT2D eigenvalue weighted by atomic mass is 79.9. The zero-order valence-electron chi connectivity index (χ0n) is 10.7. The fraction of sp³-hybridized carbons (Fsp3) is 0.500. The van der Waals surface area contributed by atoms with Crippen LogP contribution in [0.3, 0.4) is 0 Å². The molecule has 94 valence electrons. The molecule has 0 saturated carbocycles. The molecule has 1 rings (SSSR count). The lowest BCUT2D eigenvalue weighted by Crippen LogP contribution is -2.34. The van der Waals surface area contributed by atoms with E-state index >= 15 is 0 Å². The average Bonchev–Trinajstić information content (AvgIpc) is 2.19. The number of alkyl halides is 1. The summed E-state index contributed by atoms with van der Waals surface area (Å²) >= 11 is 3.49. The van der Waals surface area contributed by atoms with Crippen molar-refractivity contribution in [2.24, 2.45) is 0 Å². The third-order valence-electron chi connectivity index (χ3n) is 2.57. The van der Waals surface area contributed by atoms with Gasteiger partial charge >= 0.3 is 0 Å². The molecule has 1 aromatic carbocycles. The molecule has 0 fully saturated rings. The molecule has 0 saturated heterocycles. The van der Waals surface area contributed by atoms with Crippen LogP contribution in [0, 0.1) is 6.92 Å². The van der Waals surface area contributed by atoms with Crippen LogP contribution in [-0.2, 0) is 11.2 Å². The van der Waals surface area contributed by atoms with Crippen LogP contribution >= 0.6 is 15.9 Å². The average molecular weight is 298 g/mol. The number of hydrogen-bond donors (Lipinski definition) is 1. The van der Waals surface area contributed by atoms with E-state index in [9.17, 15) is 4.79 Å². The van der Waals surface area contributed by atoms with E-state index < -0.39 is 0 Å². The fourth-order valence-electron chi connectivity index (χ4n) is 1.76. The first-order valence-corrected chi connectivity index (χ1v) is 6.88. The second-order valence-corrected chi connectivity index (χ2v) is 6.21. The molecule has 1 amide bonds. The third-order valence-corrected chi connectivity index (χ3v) is 2.94. The number of carbonyl (C=O) groups excluding carboxylic acids is 1. The maximum atomic E-state index is 11.8. The Hall–Kier alpha value is -0.830. The maximum absolute atomic E-state index is 11.8. The van der Waals surface area contributed by atoms with Crippen molar-refractivity contribution in [2.75, 3.05) is 0 Å². The van der Waals surface area contributed by atoms with Crippen molar-refractivity contribution < 1.29 is 4.79 Å². The smallest absolute Gasteiger partial charge is 0.224 e. The van der Waals surface area contributed by atoms with Gasteiger partial charge in [0.05, 0.1) is 6.42 Å². The second-order valence-electron chi connectivity index (χ2n) is 4.65. The van der Waals surface area contributed by atoms with Gasteiger partial charge in [-0.3, -0.25) is 4.79 Å². The Labute approximate surface area is 112 Å². The van der Waals surface area contributed by atoms with Crippen LogP contribution in [0.4, 0.5) is 0 Å². The van der Waals surface area contributed by atoms with Crippen molar-refractivity contribution in [1.82, 2.24) is 5.32 Å². The Bertz CT molecular complexity index is 359. The molecule has 2 atom stereocenters. The molecule has 2 nitrogen and oxygen atoms in total. The van der Waals surface area contributed by atoms with Gasteiger partial charge in [0.2, 0.25) is 5.91 Å². The highest BCUT2D eigenvalue weighted by Gasteiger charge is 2.10. The first-order chi connectivity index (χ1) is 7.97. The second kappa shape index (κ2) is 6.80. The van der Waals surface area contributed by atoms with E-state index in [1.165, 1.54) is 5.56 Å². The van der Waals surface area contributed by atoms with Crippen LogP contribution in [0.1, 0.15) is 31.4 Å². The predicted molar refractivity (Wildman–Crippen MR) is 75.5 cm³/mol. The lowest BCUT2D eigenvalue weighted by molar-refractivity contribution is -0.121.